The third-order valence-electron chi connectivity index (χ3n) is 2.99. The van der Waals surface area contributed by atoms with Crippen LogP contribution in [0.5, 0.6) is 5.75 Å². The lowest BCUT2D eigenvalue weighted by Gasteiger charge is -2.11. The van der Waals surface area contributed by atoms with Crippen LogP contribution in [0.4, 0.5) is 0 Å². The Hall–Kier alpha value is -1.95. The summed E-state index contributed by atoms with van der Waals surface area (Å²) in [6.45, 7) is 1.54. The quantitative estimate of drug-likeness (QED) is 0.784. The van der Waals surface area contributed by atoms with Gasteiger partial charge in [0.2, 0.25) is 0 Å². The van der Waals surface area contributed by atoms with Crippen LogP contribution in [0.2, 0.25) is 15.1 Å². The van der Waals surface area contributed by atoms with Crippen LogP contribution in [-0.2, 0) is 4.79 Å². The Morgan fingerprint density at radius 3 is 2.33 bits per heavy atom. The number of halogens is 3. The molecule has 0 aliphatic rings. The number of rotatable bonds is 4. The molecule has 2 rings (SSSR count). The molecule has 2 amide bonds. The molecule has 0 spiro atoms. The first-order valence-electron chi connectivity index (χ1n) is 6.80. The summed E-state index contributed by atoms with van der Waals surface area (Å²) in [6.07, 6.45) is 0. The van der Waals surface area contributed by atoms with Crippen LogP contribution < -0.4 is 15.6 Å². The van der Waals surface area contributed by atoms with Crippen LogP contribution in [0, 0.1) is 6.92 Å². The van der Waals surface area contributed by atoms with Crippen molar-refractivity contribution in [3.05, 3.63) is 62.6 Å². The number of hydrogen-bond donors (Lipinski definition) is 2. The SMILES string of the molecule is Cc1cc(Cl)ccc1OCC(=O)NNC(=O)c1ccc(Cl)cc1Cl. The van der Waals surface area contributed by atoms with Gasteiger partial charge in [-0.3, -0.25) is 20.4 Å². The molecule has 0 aliphatic carbocycles. The van der Waals surface area contributed by atoms with Gasteiger partial charge in [0.15, 0.2) is 6.61 Å². The summed E-state index contributed by atoms with van der Waals surface area (Å²) >= 11 is 17.5. The number of benzene rings is 2. The van der Waals surface area contributed by atoms with E-state index >= 15 is 0 Å². The Bertz CT molecular complexity index is 781. The van der Waals surface area contributed by atoms with Gasteiger partial charge in [-0.2, -0.15) is 0 Å². The minimum atomic E-state index is -0.562. The zero-order valence-electron chi connectivity index (χ0n) is 12.5. The second-order valence-corrected chi connectivity index (χ2v) is 6.11. The van der Waals surface area contributed by atoms with E-state index in [2.05, 4.69) is 10.9 Å². The van der Waals surface area contributed by atoms with Crippen LogP contribution in [0.1, 0.15) is 15.9 Å². The molecule has 0 aliphatic heterocycles. The van der Waals surface area contributed by atoms with Gasteiger partial charge in [0.25, 0.3) is 11.8 Å². The minimum Gasteiger partial charge on any atom is -0.483 e. The second-order valence-electron chi connectivity index (χ2n) is 4.82. The standard InChI is InChI=1S/C16H13Cl3N2O3/c1-9-6-10(17)3-5-14(9)24-8-15(22)20-21-16(23)12-4-2-11(18)7-13(12)19/h2-7H,8H2,1H3,(H,20,22)(H,21,23). The molecule has 5 nitrogen and oxygen atoms in total. The molecule has 0 saturated carbocycles. The smallest absolute Gasteiger partial charge is 0.276 e. The molecule has 2 N–H and O–H groups in total. The Labute approximate surface area is 153 Å². The molecule has 0 unspecified atom stereocenters. The van der Waals surface area contributed by atoms with Crippen molar-refractivity contribution in [1.82, 2.24) is 10.9 Å². The van der Waals surface area contributed by atoms with Gasteiger partial charge in [-0.05, 0) is 48.9 Å². The first-order chi connectivity index (χ1) is 11.4. The van der Waals surface area contributed by atoms with Crippen molar-refractivity contribution in [3.8, 4) is 5.75 Å². The van der Waals surface area contributed by atoms with E-state index in [1.165, 1.54) is 18.2 Å². The average molecular weight is 388 g/mol. The molecule has 0 fully saturated rings. The van der Waals surface area contributed by atoms with Crippen LogP contribution in [0.25, 0.3) is 0 Å². The lowest BCUT2D eigenvalue weighted by atomic mass is 10.2. The van der Waals surface area contributed by atoms with E-state index in [9.17, 15) is 9.59 Å². The van der Waals surface area contributed by atoms with Crippen molar-refractivity contribution in [3.63, 3.8) is 0 Å². The molecule has 0 saturated heterocycles. The van der Waals surface area contributed by atoms with Gasteiger partial charge in [-0.25, -0.2) is 0 Å². The maximum Gasteiger partial charge on any atom is 0.276 e. The predicted molar refractivity (Wildman–Crippen MR) is 93.8 cm³/mol. The Morgan fingerprint density at radius 1 is 1.00 bits per heavy atom. The van der Waals surface area contributed by atoms with E-state index in [1.807, 2.05) is 6.92 Å². The van der Waals surface area contributed by atoms with Crippen LogP contribution in [0.15, 0.2) is 36.4 Å². The number of amides is 2. The van der Waals surface area contributed by atoms with Crippen molar-refractivity contribution < 1.29 is 14.3 Å². The number of hydrazine groups is 1. The Kier molecular flexibility index (Phi) is 6.31. The fourth-order valence-electron chi connectivity index (χ4n) is 1.82. The summed E-state index contributed by atoms with van der Waals surface area (Å²) in [6, 6.07) is 9.46. The Morgan fingerprint density at radius 2 is 1.67 bits per heavy atom. The highest BCUT2D eigenvalue weighted by atomic mass is 35.5. The van der Waals surface area contributed by atoms with Crippen LogP contribution >= 0.6 is 34.8 Å². The lowest BCUT2D eigenvalue weighted by molar-refractivity contribution is -0.123. The van der Waals surface area contributed by atoms with Gasteiger partial charge in [-0.1, -0.05) is 34.8 Å². The van der Waals surface area contributed by atoms with Crippen molar-refractivity contribution in [2.24, 2.45) is 0 Å². The maximum atomic E-state index is 11.9. The third kappa shape index (κ3) is 5.03. The van der Waals surface area contributed by atoms with Gasteiger partial charge in [-0.15, -0.1) is 0 Å². The van der Waals surface area contributed by atoms with Crippen molar-refractivity contribution in [1.29, 1.82) is 0 Å². The molecule has 8 heteroatoms. The highest BCUT2D eigenvalue weighted by Gasteiger charge is 2.12. The van der Waals surface area contributed by atoms with Gasteiger partial charge in [0, 0.05) is 10.0 Å². The van der Waals surface area contributed by atoms with Crippen LogP contribution in [0.3, 0.4) is 0 Å². The molecule has 0 bridgehead atoms. The molecule has 0 atom stereocenters. The number of hydrogen-bond acceptors (Lipinski definition) is 3. The fourth-order valence-corrected chi connectivity index (χ4v) is 2.54. The molecule has 126 valence electrons. The summed E-state index contributed by atoms with van der Waals surface area (Å²) in [5.41, 5.74) is 5.48. The third-order valence-corrected chi connectivity index (χ3v) is 3.77. The molecule has 0 radical (unpaired) electrons. The number of carbonyl (C=O) groups excluding carboxylic acids is 2. The van der Waals surface area contributed by atoms with Crippen molar-refractivity contribution in [2.75, 3.05) is 6.61 Å². The first-order valence-corrected chi connectivity index (χ1v) is 7.93. The van der Waals surface area contributed by atoms with E-state index in [0.717, 1.165) is 5.56 Å². The zero-order chi connectivity index (χ0) is 17.7. The van der Waals surface area contributed by atoms with Gasteiger partial charge >= 0.3 is 0 Å². The monoisotopic (exact) mass is 386 g/mol. The molecule has 24 heavy (non-hydrogen) atoms. The average Bonchev–Trinajstić information content (AvgIpc) is 2.51. The fraction of sp³-hybridized carbons (Fsp3) is 0.125. The van der Waals surface area contributed by atoms with Crippen molar-refractivity contribution >= 4 is 46.6 Å². The summed E-state index contributed by atoms with van der Waals surface area (Å²) in [5, 5.41) is 1.17. The van der Waals surface area contributed by atoms with Gasteiger partial charge in [0.1, 0.15) is 5.75 Å². The largest absolute Gasteiger partial charge is 0.483 e. The zero-order valence-corrected chi connectivity index (χ0v) is 14.8. The van der Waals surface area contributed by atoms with Gasteiger partial charge < -0.3 is 4.74 Å². The maximum absolute atomic E-state index is 11.9. The molecular formula is C16H13Cl3N2O3. The normalized spacial score (nSPS) is 10.2. The number of nitrogens with one attached hydrogen (secondary N) is 2. The molecule has 2 aromatic rings. The van der Waals surface area contributed by atoms with E-state index in [0.29, 0.717) is 15.8 Å². The lowest BCUT2D eigenvalue weighted by Crippen LogP contribution is -2.43. The first kappa shape index (κ1) is 18.4. The minimum absolute atomic E-state index is 0.183. The van der Waals surface area contributed by atoms with Crippen molar-refractivity contribution in [2.45, 2.75) is 6.92 Å². The number of aryl methyl sites for hydroxylation is 1. The highest BCUT2D eigenvalue weighted by molar-refractivity contribution is 6.36. The number of ether oxygens (including phenoxy) is 1. The van der Waals surface area contributed by atoms with E-state index < -0.39 is 11.8 Å². The predicted octanol–water partition coefficient (Wildman–Crippen LogP) is 3.80. The van der Waals surface area contributed by atoms with E-state index in [1.54, 1.807) is 18.2 Å². The molecule has 0 heterocycles. The van der Waals surface area contributed by atoms with Gasteiger partial charge in [0.05, 0.1) is 10.6 Å². The topological polar surface area (TPSA) is 67.4 Å². The molecule has 2 aromatic carbocycles. The Balaban J connectivity index is 1.85. The summed E-state index contributed by atoms with van der Waals surface area (Å²) in [4.78, 5) is 23.7. The van der Waals surface area contributed by atoms with Crippen LogP contribution in [-0.4, -0.2) is 18.4 Å². The number of carbonyl (C=O) groups is 2. The molecule has 0 aromatic heterocycles. The second kappa shape index (κ2) is 8.24. The van der Waals surface area contributed by atoms with E-state index in [-0.39, 0.29) is 17.2 Å². The highest BCUT2D eigenvalue weighted by Crippen LogP contribution is 2.22. The summed E-state index contributed by atoms with van der Waals surface area (Å²) < 4.78 is 5.37. The van der Waals surface area contributed by atoms with E-state index in [4.69, 9.17) is 39.5 Å². The summed E-state index contributed by atoms with van der Waals surface area (Å²) in [5.74, 6) is -0.558. The summed E-state index contributed by atoms with van der Waals surface area (Å²) in [7, 11) is 0. The molecular weight excluding hydrogens is 375 g/mol.